The third kappa shape index (κ3) is 21.7. The standard InChI is InChI=1S/C29H61N2O6P/c1-4-5-6-7-8-9-10-11-12-13-14-15-16-17-18-19-25-35-27-29(34-3)28-37-38(32,33)36-26-24-31-22-20-30(2)21-23-31/h29H,4-28H2,1-3H3,(H,32,33). The van der Waals surface area contributed by atoms with Crippen LogP contribution in [0, 0.1) is 0 Å². The van der Waals surface area contributed by atoms with Gasteiger partial charge in [0.2, 0.25) is 0 Å². The Bertz CT molecular complexity index is 563. The molecule has 1 saturated heterocycles. The maximum absolute atomic E-state index is 12.2. The summed E-state index contributed by atoms with van der Waals surface area (Å²) in [7, 11) is -0.435. The van der Waals surface area contributed by atoms with Crippen LogP contribution in [0.25, 0.3) is 0 Å². The number of phosphoric acid groups is 1. The molecule has 38 heavy (non-hydrogen) atoms. The Morgan fingerprint density at radius 3 is 1.71 bits per heavy atom. The van der Waals surface area contributed by atoms with E-state index in [0.717, 1.165) is 32.6 Å². The van der Waals surface area contributed by atoms with Gasteiger partial charge in [-0.15, -0.1) is 0 Å². The summed E-state index contributed by atoms with van der Waals surface area (Å²) in [6.45, 7) is 7.95. The van der Waals surface area contributed by atoms with Crippen molar-refractivity contribution in [2.75, 3.05) is 73.3 Å². The number of hydrogen-bond acceptors (Lipinski definition) is 7. The molecule has 1 heterocycles. The first-order chi connectivity index (χ1) is 18.5. The molecule has 1 aliphatic rings. The van der Waals surface area contributed by atoms with Gasteiger partial charge in [-0.05, 0) is 13.5 Å². The Morgan fingerprint density at radius 2 is 1.21 bits per heavy atom. The zero-order valence-corrected chi connectivity index (χ0v) is 26.0. The number of nitrogens with zero attached hydrogens (tertiary/aromatic N) is 2. The summed E-state index contributed by atoms with van der Waals surface area (Å²) in [5.41, 5.74) is 0. The first-order valence-corrected chi connectivity index (χ1v) is 17.1. The van der Waals surface area contributed by atoms with E-state index in [1.165, 1.54) is 96.3 Å². The number of unbranched alkanes of at least 4 members (excludes halogenated alkanes) is 15. The van der Waals surface area contributed by atoms with E-state index < -0.39 is 13.9 Å². The maximum Gasteiger partial charge on any atom is 0.472 e. The van der Waals surface area contributed by atoms with E-state index in [1.54, 1.807) is 7.11 Å². The van der Waals surface area contributed by atoms with Gasteiger partial charge in [0.1, 0.15) is 6.10 Å². The summed E-state index contributed by atoms with van der Waals surface area (Å²) < 4.78 is 33.5. The monoisotopic (exact) mass is 564 g/mol. The fourth-order valence-electron chi connectivity index (χ4n) is 4.72. The predicted molar refractivity (Wildman–Crippen MR) is 157 cm³/mol. The highest BCUT2D eigenvalue weighted by molar-refractivity contribution is 7.47. The Hall–Kier alpha value is -0.0500. The fraction of sp³-hybridized carbons (Fsp3) is 1.00. The van der Waals surface area contributed by atoms with Crippen LogP contribution >= 0.6 is 7.82 Å². The molecule has 1 N–H and O–H groups in total. The third-order valence-corrected chi connectivity index (χ3v) is 8.44. The van der Waals surface area contributed by atoms with Crippen molar-refractivity contribution in [3.8, 4) is 0 Å². The van der Waals surface area contributed by atoms with Gasteiger partial charge in [0.05, 0.1) is 19.8 Å². The number of hydrogen-bond donors (Lipinski definition) is 1. The number of piperazine rings is 1. The number of ether oxygens (including phenoxy) is 2. The minimum Gasteiger partial charge on any atom is -0.379 e. The molecule has 228 valence electrons. The van der Waals surface area contributed by atoms with Crippen molar-refractivity contribution in [3.05, 3.63) is 0 Å². The molecular formula is C29H61N2O6P. The third-order valence-electron chi connectivity index (χ3n) is 7.46. The molecule has 1 rings (SSSR count). The molecule has 0 aromatic rings. The summed E-state index contributed by atoms with van der Waals surface area (Å²) in [6.07, 6.45) is 21.2. The lowest BCUT2D eigenvalue weighted by Gasteiger charge is -2.32. The summed E-state index contributed by atoms with van der Waals surface area (Å²) in [5, 5.41) is 0. The molecule has 1 fully saturated rings. The van der Waals surface area contributed by atoms with Crippen LogP contribution in [0.4, 0.5) is 0 Å². The lowest BCUT2D eigenvalue weighted by molar-refractivity contribution is -0.0225. The Morgan fingerprint density at radius 1 is 0.711 bits per heavy atom. The minimum absolute atomic E-state index is 0.0300. The van der Waals surface area contributed by atoms with Gasteiger partial charge >= 0.3 is 7.82 Å². The molecular weight excluding hydrogens is 503 g/mol. The van der Waals surface area contributed by atoms with Gasteiger partial charge in [-0.1, -0.05) is 103 Å². The van der Waals surface area contributed by atoms with E-state index in [-0.39, 0.29) is 13.2 Å². The van der Waals surface area contributed by atoms with Crippen LogP contribution < -0.4 is 0 Å². The smallest absolute Gasteiger partial charge is 0.379 e. The van der Waals surface area contributed by atoms with Crippen LogP contribution in [0.3, 0.4) is 0 Å². The van der Waals surface area contributed by atoms with Crippen LogP contribution in [-0.4, -0.2) is 94.1 Å². The SMILES string of the molecule is CCCCCCCCCCCCCCCCCCOCC(COP(=O)(O)OCCN1CCN(C)CC1)OC. The van der Waals surface area contributed by atoms with Gasteiger partial charge in [0.15, 0.2) is 0 Å². The van der Waals surface area contributed by atoms with E-state index in [2.05, 4.69) is 23.8 Å². The molecule has 0 amide bonds. The van der Waals surface area contributed by atoms with Gasteiger partial charge in [-0.25, -0.2) is 4.57 Å². The molecule has 0 aliphatic carbocycles. The average Bonchev–Trinajstić information content (AvgIpc) is 2.90. The summed E-state index contributed by atoms with van der Waals surface area (Å²) in [6, 6.07) is 0. The predicted octanol–water partition coefficient (Wildman–Crippen LogP) is 6.66. The van der Waals surface area contributed by atoms with Crippen LogP contribution in [0.5, 0.6) is 0 Å². The van der Waals surface area contributed by atoms with Crippen LogP contribution in [-0.2, 0) is 23.1 Å². The zero-order chi connectivity index (χ0) is 27.7. The molecule has 0 aromatic heterocycles. The Labute approximate surface area is 234 Å². The second kappa shape index (κ2) is 24.7. The average molecular weight is 565 g/mol. The van der Waals surface area contributed by atoms with E-state index in [4.69, 9.17) is 18.5 Å². The van der Waals surface area contributed by atoms with Gasteiger partial charge in [-0.2, -0.15) is 0 Å². The van der Waals surface area contributed by atoms with Crippen molar-refractivity contribution >= 4 is 7.82 Å². The lowest BCUT2D eigenvalue weighted by atomic mass is 10.0. The van der Waals surface area contributed by atoms with Gasteiger partial charge < -0.3 is 19.3 Å². The highest BCUT2D eigenvalue weighted by Gasteiger charge is 2.24. The lowest BCUT2D eigenvalue weighted by Crippen LogP contribution is -2.45. The number of phosphoric ester groups is 1. The molecule has 0 aromatic carbocycles. The van der Waals surface area contributed by atoms with Crippen molar-refractivity contribution in [2.24, 2.45) is 0 Å². The Kier molecular flexibility index (Phi) is 23.4. The molecule has 2 atom stereocenters. The van der Waals surface area contributed by atoms with E-state index in [0.29, 0.717) is 19.8 Å². The molecule has 0 radical (unpaired) electrons. The summed E-state index contributed by atoms with van der Waals surface area (Å²) in [5.74, 6) is 0. The molecule has 0 bridgehead atoms. The van der Waals surface area contributed by atoms with Gasteiger partial charge in [-0.3, -0.25) is 13.9 Å². The fourth-order valence-corrected chi connectivity index (χ4v) is 5.46. The van der Waals surface area contributed by atoms with Crippen LogP contribution in [0.1, 0.15) is 110 Å². The van der Waals surface area contributed by atoms with Crippen molar-refractivity contribution in [1.82, 2.24) is 9.80 Å². The maximum atomic E-state index is 12.2. The number of likely N-dealkylation sites (N-methyl/N-ethyl adjacent to an activating group) is 1. The summed E-state index contributed by atoms with van der Waals surface area (Å²) in [4.78, 5) is 14.4. The molecule has 0 spiro atoms. The zero-order valence-electron chi connectivity index (χ0n) is 25.1. The van der Waals surface area contributed by atoms with Crippen LogP contribution in [0.15, 0.2) is 0 Å². The molecule has 2 unspecified atom stereocenters. The van der Waals surface area contributed by atoms with Crippen LogP contribution in [0.2, 0.25) is 0 Å². The van der Waals surface area contributed by atoms with E-state index in [9.17, 15) is 9.46 Å². The molecule has 0 saturated carbocycles. The minimum atomic E-state index is -4.09. The number of methoxy groups -OCH3 is 1. The normalized spacial score (nSPS) is 17.6. The second-order valence-corrected chi connectivity index (χ2v) is 12.4. The highest BCUT2D eigenvalue weighted by atomic mass is 31.2. The second-order valence-electron chi connectivity index (χ2n) is 11.0. The first-order valence-electron chi connectivity index (χ1n) is 15.6. The van der Waals surface area contributed by atoms with Gasteiger partial charge in [0.25, 0.3) is 0 Å². The van der Waals surface area contributed by atoms with Crippen molar-refractivity contribution < 1.29 is 28.0 Å². The molecule has 1 aliphatic heterocycles. The Balaban J connectivity index is 1.88. The van der Waals surface area contributed by atoms with Crippen molar-refractivity contribution in [3.63, 3.8) is 0 Å². The largest absolute Gasteiger partial charge is 0.472 e. The van der Waals surface area contributed by atoms with Crippen molar-refractivity contribution in [1.29, 1.82) is 0 Å². The number of rotatable bonds is 27. The van der Waals surface area contributed by atoms with Crippen molar-refractivity contribution in [2.45, 2.75) is 116 Å². The summed E-state index contributed by atoms with van der Waals surface area (Å²) >= 11 is 0. The quantitative estimate of drug-likeness (QED) is 0.0876. The molecule has 9 heteroatoms. The van der Waals surface area contributed by atoms with E-state index in [1.807, 2.05) is 0 Å². The van der Waals surface area contributed by atoms with Gasteiger partial charge in [0, 0.05) is 46.4 Å². The first kappa shape index (κ1) is 36.0. The molecule has 8 nitrogen and oxygen atoms in total. The van der Waals surface area contributed by atoms with E-state index >= 15 is 0 Å². The topological polar surface area (TPSA) is 80.7 Å². The highest BCUT2D eigenvalue weighted by Crippen LogP contribution is 2.43.